The Morgan fingerprint density at radius 1 is 1.31 bits per heavy atom. The van der Waals surface area contributed by atoms with Crippen LogP contribution in [0.5, 0.6) is 0 Å². The molecule has 0 bridgehead atoms. The molecule has 0 saturated carbocycles. The highest BCUT2D eigenvalue weighted by atomic mass is 16.3. The highest BCUT2D eigenvalue weighted by Crippen LogP contribution is 1.93. The fourth-order valence-electron chi connectivity index (χ4n) is 0. The van der Waals surface area contributed by atoms with E-state index in [1.807, 2.05) is 13.8 Å². The van der Waals surface area contributed by atoms with Gasteiger partial charge in [-0.15, -0.1) is 0 Å². The van der Waals surface area contributed by atoms with Crippen molar-refractivity contribution < 1.29 is 15.0 Å². The topological polar surface area (TPSA) is 57.5 Å². The zero-order chi connectivity index (χ0) is 11.5. The van der Waals surface area contributed by atoms with Crippen LogP contribution in [0.1, 0.15) is 41.5 Å². The van der Waals surface area contributed by atoms with E-state index >= 15 is 0 Å². The largest absolute Gasteiger partial charge is 0.396 e. The molecule has 0 aliphatic carbocycles. The summed E-state index contributed by atoms with van der Waals surface area (Å²) in [7, 11) is 0. The first kappa shape index (κ1) is 18.4. The van der Waals surface area contributed by atoms with Crippen molar-refractivity contribution in [3.05, 3.63) is 0 Å². The normalized spacial score (nSPS) is 9.31. The van der Waals surface area contributed by atoms with Crippen molar-refractivity contribution in [3.8, 4) is 0 Å². The molecule has 0 atom stereocenters. The third kappa shape index (κ3) is 422. The van der Waals surface area contributed by atoms with Gasteiger partial charge in [0.25, 0.3) is 0 Å². The van der Waals surface area contributed by atoms with E-state index in [0.717, 1.165) is 6.29 Å². The smallest absolute Gasteiger partial charge is 0.116 e. The van der Waals surface area contributed by atoms with E-state index in [1.54, 1.807) is 20.8 Å². The lowest BCUT2D eigenvalue weighted by molar-refractivity contribution is -0.106. The zero-order valence-corrected chi connectivity index (χ0v) is 9.66. The third-order valence-corrected chi connectivity index (χ3v) is 0.365. The van der Waals surface area contributed by atoms with Crippen LogP contribution in [-0.2, 0) is 4.79 Å². The average Bonchev–Trinajstić information content (AvgIpc) is 1.85. The number of rotatable bonds is 1. The van der Waals surface area contributed by atoms with Crippen molar-refractivity contribution in [1.29, 1.82) is 0 Å². The van der Waals surface area contributed by atoms with Gasteiger partial charge in [0.15, 0.2) is 0 Å². The van der Waals surface area contributed by atoms with Crippen molar-refractivity contribution in [2.75, 3.05) is 6.61 Å². The molecule has 2 N–H and O–H groups in total. The van der Waals surface area contributed by atoms with Crippen molar-refractivity contribution >= 4 is 6.29 Å². The van der Waals surface area contributed by atoms with E-state index in [-0.39, 0.29) is 0 Å². The standard InChI is InChI=1S/2C4H10O.C2H4O/c1-4(2,3)5;1-4(2)3-5;1-2-3/h5H,1-3H3;4-5H,3H2,1-2H3;2H,1H3. The fourth-order valence-corrected chi connectivity index (χ4v) is 0. The van der Waals surface area contributed by atoms with Crippen molar-refractivity contribution in [2.45, 2.75) is 47.1 Å². The Morgan fingerprint density at radius 2 is 1.38 bits per heavy atom. The minimum absolute atomic E-state index is 0.306. The van der Waals surface area contributed by atoms with Gasteiger partial charge in [0.2, 0.25) is 0 Å². The van der Waals surface area contributed by atoms with Crippen molar-refractivity contribution in [1.82, 2.24) is 0 Å². The predicted molar refractivity (Wildman–Crippen MR) is 55.6 cm³/mol. The van der Waals surface area contributed by atoms with Crippen LogP contribution >= 0.6 is 0 Å². The molecule has 0 unspecified atom stereocenters. The SMILES string of the molecule is CC(C)(C)O.CC(C)CO.CC=O. The second-order valence-electron chi connectivity index (χ2n) is 3.98. The van der Waals surface area contributed by atoms with Gasteiger partial charge in [0.1, 0.15) is 6.29 Å². The van der Waals surface area contributed by atoms with Crippen LogP contribution in [0, 0.1) is 5.92 Å². The molecular formula is C10H24O3. The van der Waals surface area contributed by atoms with E-state index in [4.69, 9.17) is 15.0 Å². The number of hydrogen-bond donors (Lipinski definition) is 2. The lowest BCUT2D eigenvalue weighted by atomic mass is 10.2. The maximum Gasteiger partial charge on any atom is 0.116 e. The lowest BCUT2D eigenvalue weighted by Crippen LogP contribution is -2.10. The lowest BCUT2D eigenvalue weighted by Gasteiger charge is -2.04. The quantitative estimate of drug-likeness (QED) is 0.621. The molecule has 0 aliphatic heterocycles. The van der Waals surface area contributed by atoms with Gasteiger partial charge in [-0.3, -0.25) is 0 Å². The van der Waals surface area contributed by atoms with Crippen LogP contribution in [0.2, 0.25) is 0 Å². The Labute approximate surface area is 81.8 Å². The number of aliphatic hydroxyl groups excluding tert-OH is 1. The Hall–Kier alpha value is -0.410. The maximum atomic E-state index is 8.81. The van der Waals surface area contributed by atoms with Gasteiger partial charge in [-0.05, 0) is 33.6 Å². The summed E-state index contributed by atoms with van der Waals surface area (Å²) in [5, 5.41) is 16.7. The molecule has 0 radical (unpaired) electrons. The molecule has 3 heteroatoms. The average molecular weight is 192 g/mol. The van der Waals surface area contributed by atoms with Crippen LogP contribution in [0.4, 0.5) is 0 Å². The zero-order valence-electron chi connectivity index (χ0n) is 9.66. The van der Waals surface area contributed by atoms with Crippen LogP contribution in [0.15, 0.2) is 0 Å². The molecular weight excluding hydrogens is 168 g/mol. The molecule has 0 fully saturated rings. The first-order chi connectivity index (χ1) is 5.68. The summed E-state index contributed by atoms with van der Waals surface area (Å²) in [6.45, 7) is 10.9. The number of carbonyl (C=O) groups is 1. The molecule has 0 heterocycles. The van der Waals surface area contributed by atoms with E-state index in [1.165, 1.54) is 6.92 Å². The van der Waals surface area contributed by atoms with E-state index in [2.05, 4.69) is 0 Å². The molecule has 0 aromatic heterocycles. The Bertz CT molecular complexity index is 86.8. The number of carbonyl (C=O) groups excluding carboxylic acids is 1. The molecule has 0 aromatic carbocycles. The molecule has 0 aliphatic rings. The third-order valence-electron chi connectivity index (χ3n) is 0.365. The van der Waals surface area contributed by atoms with Gasteiger partial charge in [0, 0.05) is 6.61 Å². The van der Waals surface area contributed by atoms with E-state index in [0.29, 0.717) is 12.5 Å². The van der Waals surface area contributed by atoms with E-state index in [9.17, 15) is 0 Å². The van der Waals surface area contributed by atoms with E-state index < -0.39 is 5.60 Å². The molecule has 0 spiro atoms. The second kappa shape index (κ2) is 11.6. The predicted octanol–water partition coefficient (Wildman–Crippen LogP) is 1.62. The van der Waals surface area contributed by atoms with Gasteiger partial charge in [-0.25, -0.2) is 0 Å². The molecule has 0 amide bonds. The molecule has 3 nitrogen and oxygen atoms in total. The number of aliphatic hydroxyl groups is 2. The first-order valence-corrected chi connectivity index (χ1v) is 4.42. The summed E-state index contributed by atoms with van der Waals surface area (Å²) < 4.78 is 0. The van der Waals surface area contributed by atoms with Crippen molar-refractivity contribution in [2.24, 2.45) is 5.92 Å². The highest BCUT2D eigenvalue weighted by Gasteiger charge is 1.97. The van der Waals surface area contributed by atoms with Gasteiger partial charge in [-0.1, -0.05) is 13.8 Å². The number of aldehydes is 1. The fraction of sp³-hybridized carbons (Fsp3) is 0.900. The summed E-state index contributed by atoms with van der Waals surface area (Å²) in [5.41, 5.74) is -0.500. The van der Waals surface area contributed by atoms with Gasteiger partial charge < -0.3 is 15.0 Å². The van der Waals surface area contributed by atoms with Crippen LogP contribution in [0.3, 0.4) is 0 Å². The second-order valence-corrected chi connectivity index (χ2v) is 3.98. The van der Waals surface area contributed by atoms with Crippen LogP contribution < -0.4 is 0 Å². The Morgan fingerprint density at radius 3 is 1.38 bits per heavy atom. The van der Waals surface area contributed by atoms with Crippen molar-refractivity contribution in [3.63, 3.8) is 0 Å². The Kier molecular flexibility index (Phi) is 16.4. The molecule has 0 saturated heterocycles. The van der Waals surface area contributed by atoms with Crippen LogP contribution in [-0.4, -0.2) is 28.7 Å². The van der Waals surface area contributed by atoms with Crippen LogP contribution in [0.25, 0.3) is 0 Å². The maximum absolute atomic E-state index is 8.81. The first-order valence-electron chi connectivity index (χ1n) is 4.42. The summed E-state index contributed by atoms with van der Waals surface area (Å²) in [6, 6.07) is 0. The Balaban J connectivity index is -0.000000120. The monoisotopic (exact) mass is 192 g/mol. The molecule has 0 rings (SSSR count). The van der Waals surface area contributed by atoms with Gasteiger partial charge in [0.05, 0.1) is 5.60 Å². The summed E-state index contributed by atoms with van der Waals surface area (Å²) in [4.78, 5) is 8.81. The molecule has 13 heavy (non-hydrogen) atoms. The van der Waals surface area contributed by atoms with Gasteiger partial charge >= 0.3 is 0 Å². The number of hydrogen-bond acceptors (Lipinski definition) is 3. The molecule has 0 aromatic rings. The highest BCUT2D eigenvalue weighted by molar-refractivity contribution is 5.44. The summed E-state index contributed by atoms with van der Waals surface area (Å²) in [5.74, 6) is 0.440. The summed E-state index contributed by atoms with van der Waals surface area (Å²) in [6.07, 6.45) is 0.750. The minimum atomic E-state index is -0.500. The minimum Gasteiger partial charge on any atom is -0.396 e. The summed E-state index contributed by atoms with van der Waals surface area (Å²) >= 11 is 0. The van der Waals surface area contributed by atoms with Gasteiger partial charge in [-0.2, -0.15) is 0 Å². The molecule has 82 valence electrons.